The molecule has 2 saturated heterocycles. The highest BCUT2D eigenvalue weighted by atomic mass is 19.1. The van der Waals surface area contributed by atoms with Crippen LogP contribution in [-0.4, -0.2) is 48.5 Å². The summed E-state index contributed by atoms with van der Waals surface area (Å²) in [5.74, 6) is 1.05. The van der Waals surface area contributed by atoms with Crippen molar-refractivity contribution in [3.63, 3.8) is 0 Å². The zero-order valence-corrected chi connectivity index (χ0v) is 18.9. The summed E-state index contributed by atoms with van der Waals surface area (Å²) in [6, 6.07) is 25.4. The molecule has 0 unspecified atom stereocenters. The van der Waals surface area contributed by atoms with Gasteiger partial charge in [-0.25, -0.2) is 4.39 Å². The molecule has 33 heavy (non-hydrogen) atoms. The van der Waals surface area contributed by atoms with Gasteiger partial charge in [0, 0.05) is 49.6 Å². The molecule has 170 valence electrons. The van der Waals surface area contributed by atoms with Crippen LogP contribution in [0, 0.1) is 11.7 Å². The second kappa shape index (κ2) is 9.36. The molecule has 0 bridgehead atoms. The second-order valence-electron chi connectivity index (χ2n) is 9.08. The van der Waals surface area contributed by atoms with Crippen LogP contribution in [0.5, 0.6) is 5.75 Å². The molecule has 2 fully saturated rings. The van der Waals surface area contributed by atoms with Gasteiger partial charge in [0.25, 0.3) is 5.91 Å². The highest BCUT2D eigenvalue weighted by Gasteiger charge is 2.45. The van der Waals surface area contributed by atoms with Crippen molar-refractivity contribution in [1.82, 2.24) is 9.80 Å². The predicted molar refractivity (Wildman–Crippen MR) is 127 cm³/mol. The Balaban J connectivity index is 1.40. The van der Waals surface area contributed by atoms with Crippen LogP contribution in [0.4, 0.5) is 4.39 Å². The summed E-state index contributed by atoms with van der Waals surface area (Å²) in [5, 5.41) is 0. The molecule has 3 aromatic carbocycles. The zero-order chi connectivity index (χ0) is 22.8. The molecular formula is C28H29FN2O2. The third kappa shape index (κ3) is 4.51. The first-order chi connectivity index (χ1) is 16.1. The monoisotopic (exact) mass is 444 g/mol. The first-order valence-electron chi connectivity index (χ1n) is 11.6. The van der Waals surface area contributed by atoms with Crippen LogP contribution in [0.1, 0.15) is 33.8 Å². The van der Waals surface area contributed by atoms with E-state index in [2.05, 4.69) is 41.3 Å². The van der Waals surface area contributed by atoms with E-state index < -0.39 is 0 Å². The van der Waals surface area contributed by atoms with E-state index >= 15 is 0 Å². The summed E-state index contributed by atoms with van der Waals surface area (Å²) in [7, 11) is 1.68. The molecule has 3 atom stereocenters. The van der Waals surface area contributed by atoms with Gasteiger partial charge in [0.1, 0.15) is 11.6 Å². The fourth-order valence-electron chi connectivity index (χ4n) is 5.53. The van der Waals surface area contributed by atoms with Crippen LogP contribution in [0.2, 0.25) is 0 Å². The van der Waals surface area contributed by atoms with Gasteiger partial charge in [0.15, 0.2) is 0 Å². The van der Waals surface area contributed by atoms with E-state index in [1.165, 1.54) is 23.3 Å². The molecule has 5 rings (SSSR count). The molecule has 2 aliphatic rings. The van der Waals surface area contributed by atoms with Crippen LogP contribution in [0.25, 0.3) is 0 Å². The van der Waals surface area contributed by atoms with Crippen molar-refractivity contribution in [3.05, 3.63) is 101 Å². The number of amides is 1. The summed E-state index contributed by atoms with van der Waals surface area (Å²) >= 11 is 0. The number of rotatable bonds is 5. The lowest BCUT2D eigenvalue weighted by molar-refractivity contribution is 0.0583. The van der Waals surface area contributed by atoms with E-state index in [1.807, 2.05) is 23.1 Å². The number of carbonyl (C=O) groups excluding carboxylic acids is 1. The number of nitrogens with zero attached hydrogens (tertiary/aromatic N) is 2. The second-order valence-corrected chi connectivity index (χ2v) is 9.08. The summed E-state index contributed by atoms with van der Waals surface area (Å²) in [5.41, 5.74) is 3.01. The van der Waals surface area contributed by atoms with E-state index in [-0.39, 0.29) is 11.7 Å². The lowest BCUT2D eigenvalue weighted by atomic mass is 9.81. The Morgan fingerprint density at radius 3 is 2.52 bits per heavy atom. The molecular weight excluding hydrogens is 415 g/mol. The molecule has 2 aliphatic heterocycles. The molecule has 2 heterocycles. The Hall–Kier alpha value is -3.18. The van der Waals surface area contributed by atoms with Crippen LogP contribution < -0.4 is 4.74 Å². The van der Waals surface area contributed by atoms with Gasteiger partial charge < -0.3 is 9.64 Å². The third-order valence-corrected chi connectivity index (χ3v) is 7.17. The minimum Gasteiger partial charge on any atom is -0.497 e. The van der Waals surface area contributed by atoms with Crippen molar-refractivity contribution in [2.24, 2.45) is 5.92 Å². The molecule has 0 saturated carbocycles. The molecule has 0 radical (unpaired) electrons. The van der Waals surface area contributed by atoms with Crippen molar-refractivity contribution in [1.29, 1.82) is 0 Å². The molecule has 0 spiro atoms. The number of fused-ring (bicyclic) bond motifs is 1. The first kappa shape index (κ1) is 21.7. The van der Waals surface area contributed by atoms with Crippen molar-refractivity contribution < 1.29 is 13.9 Å². The molecule has 1 amide bonds. The lowest BCUT2D eigenvalue weighted by Crippen LogP contribution is -2.48. The number of likely N-dealkylation sites (tertiary alicyclic amines) is 2. The van der Waals surface area contributed by atoms with Gasteiger partial charge in [-0.15, -0.1) is 0 Å². The highest BCUT2D eigenvalue weighted by molar-refractivity contribution is 5.94. The molecule has 0 N–H and O–H groups in total. The zero-order valence-electron chi connectivity index (χ0n) is 18.9. The van der Waals surface area contributed by atoms with Crippen LogP contribution in [0.3, 0.4) is 0 Å². The quantitative estimate of drug-likeness (QED) is 0.557. The van der Waals surface area contributed by atoms with Gasteiger partial charge in [0.2, 0.25) is 0 Å². The third-order valence-electron chi connectivity index (χ3n) is 7.17. The smallest absolute Gasteiger partial charge is 0.253 e. The summed E-state index contributed by atoms with van der Waals surface area (Å²) in [4.78, 5) is 17.7. The van der Waals surface area contributed by atoms with Crippen molar-refractivity contribution >= 4 is 5.91 Å². The number of benzene rings is 3. The Bertz CT molecular complexity index is 1100. The number of halogens is 1. The van der Waals surface area contributed by atoms with Crippen LogP contribution >= 0.6 is 0 Å². The van der Waals surface area contributed by atoms with Gasteiger partial charge in [-0.05, 0) is 47.9 Å². The van der Waals surface area contributed by atoms with Gasteiger partial charge >= 0.3 is 0 Å². The average molecular weight is 445 g/mol. The van der Waals surface area contributed by atoms with Gasteiger partial charge in [-0.1, -0.05) is 48.5 Å². The maximum atomic E-state index is 13.7. The van der Waals surface area contributed by atoms with Crippen molar-refractivity contribution in [2.75, 3.05) is 26.7 Å². The van der Waals surface area contributed by atoms with E-state index in [0.29, 0.717) is 36.5 Å². The van der Waals surface area contributed by atoms with Crippen molar-refractivity contribution in [3.8, 4) is 5.75 Å². The maximum Gasteiger partial charge on any atom is 0.253 e. The number of hydrogen-bond donors (Lipinski definition) is 0. The van der Waals surface area contributed by atoms with Crippen LogP contribution in [0.15, 0.2) is 78.9 Å². The number of ether oxygens (including phenoxy) is 1. The summed E-state index contributed by atoms with van der Waals surface area (Å²) in [6.07, 6.45) is 0.922. The minimum absolute atomic E-state index is 0.0806. The standard InChI is InChI=1S/C28H29FN2O2/c1-33-24-12-10-21(11-13-24)25-18-31(17-20-6-3-2-4-7-20)27-14-15-30(19-26(25)27)28(32)22-8-5-9-23(29)16-22/h2-13,16,25-27H,14-15,17-19H2,1H3/t25-,26-,27-/m1/s1. The Morgan fingerprint density at radius 1 is 1.00 bits per heavy atom. The largest absolute Gasteiger partial charge is 0.497 e. The van der Waals surface area contributed by atoms with Crippen LogP contribution in [-0.2, 0) is 6.54 Å². The van der Waals surface area contributed by atoms with E-state index in [0.717, 1.165) is 25.3 Å². The average Bonchev–Trinajstić information content (AvgIpc) is 3.21. The minimum atomic E-state index is -0.373. The Morgan fingerprint density at radius 2 is 1.79 bits per heavy atom. The number of methoxy groups -OCH3 is 1. The Kier molecular flexibility index (Phi) is 6.14. The Labute approximate surface area is 194 Å². The van der Waals surface area contributed by atoms with Crippen molar-refractivity contribution in [2.45, 2.75) is 24.9 Å². The molecule has 4 nitrogen and oxygen atoms in total. The van der Waals surface area contributed by atoms with Gasteiger partial charge in [-0.2, -0.15) is 0 Å². The summed E-state index contributed by atoms with van der Waals surface area (Å²) < 4.78 is 19.1. The SMILES string of the molecule is COc1ccc([C@H]2CN(Cc3ccccc3)[C@@H]3CCN(C(=O)c4cccc(F)c4)C[C@H]23)cc1. The lowest BCUT2D eigenvalue weighted by Gasteiger charge is -2.39. The van der Waals surface area contributed by atoms with E-state index in [4.69, 9.17) is 4.74 Å². The van der Waals surface area contributed by atoms with Gasteiger partial charge in [0.05, 0.1) is 7.11 Å². The molecule has 0 aliphatic carbocycles. The van der Waals surface area contributed by atoms with E-state index in [9.17, 15) is 9.18 Å². The summed E-state index contributed by atoms with van der Waals surface area (Å²) in [6.45, 7) is 3.24. The first-order valence-corrected chi connectivity index (χ1v) is 11.6. The number of hydrogen-bond acceptors (Lipinski definition) is 3. The van der Waals surface area contributed by atoms with E-state index in [1.54, 1.807) is 19.2 Å². The van der Waals surface area contributed by atoms with Gasteiger partial charge in [-0.3, -0.25) is 9.69 Å². The molecule has 5 heteroatoms. The topological polar surface area (TPSA) is 32.8 Å². The number of piperidine rings is 1. The normalized spacial score (nSPS) is 22.7. The predicted octanol–water partition coefficient (Wildman–Crippen LogP) is 4.96. The fourth-order valence-corrected chi connectivity index (χ4v) is 5.53. The molecule has 3 aromatic rings. The maximum absolute atomic E-state index is 13.7. The fraction of sp³-hybridized carbons (Fsp3) is 0.321. The number of carbonyl (C=O) groups is 1. The highest BCUT2D eigenvalue weighted by Crippen LogP contribution is 2.42. The molecule has 0 aromatic heterocycles.